The van der Waals surface area contributed by atoms with Gasteiger partial charge in [-0.15, -0.1) is 24.0 Å². The average Bonchev–Trinajstić information content (AvgIpc) is 3.40. The number of hydrogen-bond acceptors (Lipinski definition) is 4. The number of carbonyl (C=O) groups is 1. The maximum absolute atomic E-state index is 14.3. The SMILES string of the molecule is CN=C(NCC(=O)OC(C)(C)C)NC(C)c1ccc(OCC2CC2)c(F)c1.I. The van der Waals surface area contributed by atoms with E-state index >= 15 is 0 Å². The molecule has 0 spiro atoms. The van der Waals surface area contributed by atoms with Crippen LogP contribution in [0.15, 0.2) is 23.2 Å². The van der Waals surface area contributed by atoms with E-state index in [1.54, 1.807) is 13.1 Å². The lowest BCUT2D eigenvalue weighted by atomic mass is 10.1. The second kappa shape index (κ2) is 10.8. The van der Waals surface area contributed by atoms with E-state index in [1.165, 1.54) is 6.07 Å². The van der Waals surface area contributed by atoms with Gasteiger partial charge in [0, 0.05) is 7.05 Å². The molecule has 8 heteroatoms. The Morgan fingerprint density at radius 2 is 2.04 bits per heavy atom. The Kier molecular flexibility index (Phi) is 9.46. The molecule has 1 aliphatic carbocycles. The third-order valence-corrected chi connectivity index (χ3v) is 4.02. The number of carbonyl (C=O) groups excluding carboxylic acids is 1. The molecule has 0 amide bonds. The normalized spacial score (nSPS) is 15.3. The number of ether oxygens (including phenoxy) is 2. The van der Waals surface area contributed by atoms with Crippen LogP contribution in [-0.2, 0) is 9.53 Å². The fourth-order valence-electron chi connectivity index (χ4n) is 2.41. The maximum Gasteiger partial charge on any atom is 0.325 e. The zero-order chi connectivity index (χ0) is 20.0. The van der Waals surface area contributed by atoms with Crippen molar-refractivity contribution >= 4 is 35.9 Å². The minimum Gasteiger partial charge on any atom is -0.490 e. The third kappa shape index (κ3) is 8.62. The van der Waals surface area contributed by atoms with Crippen LogP contribution in [0.5, 0.6) is 5.75 Å². The molecule has 2 rings (SSSR count). The van der Waals surface area contributed by atoms with Crippen LogP contribution in [0.1, 0.15) is 52.1 Å². The molecule has 28 heavy (non-hydrogen) atoms. The van der Waals surface area contributed by atoms with E-state index in [1.807, 2.05) is 33.8 Å². The van der Waals surface area contributed by atoms with Crippen molar-refractivity contribution in [1.82, 2.24) is 10.6 Å². The highest BCUT2D eigenvalue weighted by atomic mass is 127. The van der Waals surface area contributed by atoms with E-state index in [-0.39, 0.29) is 54.1 Å². The first kappa shape index (κ1) is 24.5. The molecule has 0 aliphatic heterocycles. The van der Waals surface area contributed by atoms with Crippen LogP contribution < -0.4 is 15.4 Å². The first-order chi connectivity index (χ1) is 12.7. The van der Waals surface area contributed by atoms with Gasteiger partial charge in [0.2, 0.25) is 0 Å². The Bertz CT molecular complexity index is 688. The van der Waals surface area contributed by atoms with E-state index in [0.29, 0.717) is 18.5 Å². The molecule has 0 saturated heterocycles. The second-order valence-corrected chi connectivity index (χ2v) is 7.82. The van der Waals surface area contributed by atoms with Crippen molar-refractivity contribution in [2.24, 2.45) is 10.9 Å². The standard InChI is InChI=1S/C20H30FN3O3.HI/c1-13(24-19(22-5)23-11-18(25)27-20(2,3)4)15-8-9-17(16(21)10-15)26-12-14-6-7-14;/h8-10,13-14H,6-7,11-12H2,1-5H3,(H2,22,23,24);1H. The first-order valence-electron chi connectivity index (χ1n) is 9.29. The molecule has 1 saturated carbocycles. The van der Waals surface area contributed by atoms with E-state index in [0.717, 1.165) is 18.4 Å². The minimum atomic E-state index is -0.538. The fraction of sp³-hybridized carbons (Fsp3) is 0.600. The molecule has 1 aromatic rings. The van der Waals surface area contributed by atoms with Crippen LogP contribution in [-0.4, -0.2) is 37.7 Å². The van der Waals surface area contributed by atoms with Gasteiger partial charge in [0.15, 0.2) is 17.5 Å². The summed E-state index contributed by atoms with van der Waals surface area (Å²) in [4.78, 5) is 15.9. The summed E-state index contributed by atoms with van der Waals surface area (Å²) >= 11 is 0. The van der Waals surface area contributed by atoms with Gasteiger partial charge < -0.3 is 20.1 Å². The van der Waals surface area contributed by atoms with E-state index in [2.05, 4.69) is 15.6 Å². The van der Waals surface area contributed by atoms with Gasteiger partial charge in [0.05, 0.1) is 12.6 Å². The molecule has 6 nitrogen and oxygen atoms in total. The third-order valence-electron chi connectivity index (χ3n) is 4.02. The predicted molar refractivity (Wildman–Crippen MR) is 119 cm³/mol. The summed E-state index contributed by atoms with van der Waals surface area (Å²) in [7, 11) is 1.60. The average molecular weight is 507 g/mol. The van der Waals surface area contributed by atoms with Gasteiger partial charge in [-0.25, -0.2) is 4.39 Å². The summed E-state index contributed by atoms with van der Waals surface area (Å²) in [5.41, 5.74) is 0.218. The van der Waals surface area contributed by atoms with E-state index < -0.39 is 5.60 Å². The molecule has 0 heterocycles. The van der Waals surface area contributed by atoms with Gasteiger partial charge >= 0.3 is 5.97 Å². The van der Waals surface area contributed by atoms with Crippen molar-refractivity contribution in [3.8, 4) is 5.75 Å². The summed E-state index contributed by atoms with van der Waals surface area (Å²) in [6.45, 7) is 7.89. The molecular weight excluding hydrogens is 476 g/mol. The molecule has 0 aromatic heterocycles. The van der Waals surface area contributed by atoms with Crippen LogP contribution in [0.25, 0.3) is 0 Å². The van der Waals surface area contributed by atoms with Crippen molar-refractivity contribution in [1.29, 1.82) is 0 Å². The second-order valence-electron chi connectivity index (χ2n) is 7.82. The van der Waals surface area contributed by atoms with Crippen molar-refractivity contribution < 1.29 is 18.7 Å². The van der Waals surface area contributed by atoms with E-state index in [4.69, 9.17) is 9.47 Å². The Morgan fingerprint density at radius 1 is 1.36 bits per heavy atom. The van der Waals surface area contributed by atoms with E-state index in [9.17, 15) is 9.18 Å². The summed E-state index contributed by atoms with van der Waals surface area (Å²) in [6.07, 6.45) is 2.33. The van der Waals surface area contributed by atoms with Crippen LogP contribution in [0.4, 0.5) is 4.39 Å². The summed E-state index contributed by atoms with van der Waals surface area (Å²) in [6, 6.07) is 4.73. The number of benzene rings is 1. The highest BCUT2D eigenvalue weighted by Crippen LogP contribution is 2.30. The molecule has 1 fully saturated rings. The predicted octanol–water partition coefficient (Wildman–Crippen LogP) is 3.80. The van der Waals surface area contributed by atoms with Crippen LogP contribution in [0.2, 0.25) is 0 Å². The molecule has 1 atom stereocenters. The quantitative estimate of drug-likeness (QED) is 0.254. The number of esters is 1. The number of aliphatic imine (C=N–C) groups is 1. The van der Waals surface area contributed by atoms with Gasteiger partial charge in [0.25, 0.3) is 0 Å². The number of rotatable bonds is 7. The highest BCUT2D eigenvalue weighted by Gasteiger charge is 2.22. The van der Waals surface area contributed by atoms with Crippen molar-refractivity contribution in [3.05, 3.63) is 29.6 Å². The molecule has 0 radical (unpaired) electrons. The monoisotopic (exact) mass is 507 g/mol. The fourth-order valence-corrected chi connectivity index (χ4v) is 2.41. The first-order valence-corrected chi connectivity index (χ1v) is 9.29. The molecule has 2 N–H and O–H groups in total. The van der Waals surface area contributed by atoms with Gasteiger partial charge in [0.1, 0.15) is 12.1 Å². The van der Waals surface area contributed by atoms with Crippen LogP contribution >= 0.6 is 24.0 Å². The largest absolute Gasteiger partial charge is 0.490 e. The van der Waals surface area contributed by atoms with Gasteiger partial charge in [-0.1, -0.05) is 6.07 Å². The van der Waals surface area contributed by atoms with Gasteiger partial charge in [-0.05, 0) is 64.2 Å². The van der Waals surface area contributed by atoms with Crippen LogP contribution in [0, 0.1) is 11.7 Å². The van der Waals surface area contributed by atoms with Crippen molar-refractivity contribution in [2.45, 2.75) is 52.2 Å². The Hall–Kier alpha value is -1.58. The van der Waals surface area contributed by atoms with Crippen molar-refractivity contribution in [3.63, 3.8) is 0 Å². The summed E-state index contributed by atoms with van der Waals surface area (Å²) in [5, 5.41) is 6.04. The molecule has 0 bridgehead atoms. The lowest BCUT2D eigenvalue weighted by Crippen LogP contribution is -2.42. The number of guanidine groups is 1. The molecule has 1 unspecified atom stereocenters. The smallest absolute Gasteiger partial charge is 0.325 e. The number of hydrogen-bond donors (Lipinski definition) is 2. The molecule has 158 valence electrons. The number of nitrogens with zero attached hydrogens (tertiary/aromatic N) is 1. The molecule has 1 aromatic carbocycles. The zero-order valence-electron chi connectivity index (χ0n) is 17.2. The minimum absolute atomic E-state index is 0. The lowest BCUT2D eigenvalue weighted by Gasteiger charge is -2.21. The van der Waals surface area contributed by atoms with Crippen LogP contribution in [0.3, 0.4) is 0 Å². The Morgan fingerprint density at radius 3 is 2.57 bits per heavy atom. The number of halogens is 2. The molecular formula is C20H31FIN3O3. The lowest BCUT2D eigenvalue weighted by molar-refractivity contribution is -0.153. The summed E-state index contributed by atoms with van der Waals surface area (Å²) < 4.78 is 25.0. The Labute approximate surface area is 183 Å². The van der Waals surface area contributed by atoms with Gasteiger partial charge in [-0.3, -0.25) is 9.79 Å². The zero-order valence-corrected chi connectivity index (χ0v) is 19.5. The van der Waals surface area contributed by atoms with Crippen molar-refractivity contribution in [2.75, 3.05) is 20.2 Å². The molecule has 1 aliphatic rings. The van der Waals surface area contributed by atoms with Gasteiger partial charge in [-0.2, -0.15) is 0 Å². The summed E-state index contributed by atoms with van der Waals surface area (Å²) in [5.74, 6) is 0.539. The topological polar surface area (TPSA) is 72.0 Å². The number of nitrogens with one attached hydrogen (secondary N) is 2. The maximum atomic E-state index is 14.3. The highest BCUT2D eigenvalue weighted by molar-refractivity contribution is 14.0. The Balaban J connectivity index is 0.00000392.